The summed E-state index contributed by atoms with van der Waals surface area (Å²) < 4.78 is 4.96. The van der Waals surface area contributed by atoms with Crippen LogP contribution in [-0.2, 0) is 9.53 Å². The number of esters is 1. The first-order chi connectivity index (χ1) is 9.68. The molecule has 8 heteroatoms. The molecule has 0 saturated heterocycles. The van der Waals surface area contributed by atoms with E-state index in [0.717, 1.165) is 0 Å². The number of aliphatic hydroxyl groups is 5. The predicted molar refractivity (Wildman–Crippen MR) is 74.5 cm³/mol. The van der Waals surface area contributed by atoms with E-state index in [9.17, 15) is 25.2 Å². The van der Waals surface area contributed by atoms with Crippen molar-refractivity contribution in [3.8, 4) is 0 Å². The van der Waals surface area contributed by atoms with Crippen molar-refractivity contribution in [3.63, 3.8) is 0 Å². The van der Waals surface area contributed by atoms with Crippen molar-refractivity contribution in [2.24, 2.45) is 0 Å². The molecule has 0 aliphatic heterocycles. The molecule has 0 aromatic heterocycles. The zero-order valence-corrected chi connectivity index (χ0v) is 12.7. The molecule has 0 saturated carbocycles. The summed E-state index contributed by atoms with van der Waals surface area (Å²) in [6, 6.07) is 0. The molecule has 5 N–H and O–H groups in total. The number of carbonyl (C=O) groups is 1. The summed E-state index contributed by atoms with van der Waals surface area (Å²) in [6.45, 7) is 3.08. The second-order valence-corrected chi connectivity index (χ2v) is 5.35. The van der Waals surface area contributed by atoms with Gasteiger partial charge in [-0.25, -0.2) is 0 Å². The van der Waals surface area contributed by atoms with Gasteiger partial charge in [-0.1, -0.05) is 0 Å². The zero-order chi connectivity index (χ0) is 16.6. The van der Waals surface area contributed by atoms with Crippen LogP contribution in [0.1, 0.15) is 20.3 Å². The molecular formula is C13H27NO7. The van der Waals surface area contributed by atoms with Crippen LogP contribution in [-0.4, -0.2) is 93.7 Å². The van der Waals surface area contributed by atoms with Gasteiger partial charge in [-0.3, -0.25) is 4.79 Å². The van der Waals surface area contributed by atoms with Crippen molar-refractivity contribution in [1.29, 1.82) is 0 Å². The third-order valence-corrected chi connectivity index (χ3v) is 2.89. The smallest absolute Gasteiger partial charge is 0.307 e. The van der Waals surface area contributed by atoms with E-state index in [1.807, 2.05) is 0 Å². The van der Waals surface area contributed by atoms with Gasteiger partial charge in [0.2, 0.25) is 0 Å². The highest BCUT2D eigenvalue weighted by Crippen LogP contribution is 2.06. The number of nitrogens with zero attached hydrogens (tertiary/aromatic N) is 1. The van der Waals surface area contributed by atoms with Gasteiger partial charge in [-0.05, 0) is 20.9 Å². The highest BCUT2D eigenvalue weighted by molar-refractivity contribution is 5.69. The minimum Gasteiger partial charge on any atom is -0.463 e. The summed E-state index contributed by atoms with van der Waals surface area (Å²) in [7, 11) is 1.63. The Labute approximate surface area is 124 Å². The number of rotatable bonds is 10. The summed E-state index contributed by atoms with van der Waals surface area (Å²) in [5.41, 5.74) is 0. The number of hydrogen-bond donors (Lipinski definition) is 5. The lowest BCUT2D eigenvalue weighted by atomic mass is 10.0. The summed E-state index contributed by atoms with van der Waals surface area (Å²) in [5.74, 6) is -0.359. The van der Waals surface area contributed by atoms with Crippen LogP contribution in [0.25, 0.3) is 0 Å². The van der Waals surface area contributed by atoms with Crippen LogP contribution >= 0.6 is 0 Å². The van der Waals surface area contributed by atoms with Crippen LogP contribution in [0.2, 0.25) is 0 Å². The molecule has 0 rings (SSSR count). The van der Waals surface area contributed by atoms with Gasteiger partial charge >= 0.3 is 5.97 Å². The molecule has 0 aliphatic rings. The molecule has 4 atom stereocenters. The Hall–Kier alpha value is -0.770. The van der Waals surface area contributed by atoms with Gasteiger partial charge < -0.3 is 35.2 Å². The Bertz CT molecular complexity index is 300. The molecule has 0 fully saturated rings. The summed E-state index contributed by atoms with van der Waals surface area (Å²) in [5, 5.41) is 46.7. The quantitative estimate of drug-likeness (QED) is 0.285. The van der Waals surface area contributed by atoms with E-state index < -0.39 is 31.0 Å². The van der Waals surface area contributed by atoms with Crippen LogP contribution < -0.4 is 0 Å². The zero-order valence-electron chi connectivity index (χ0n) is 12.7. The average molecular weight is 309 g/mol. The predicted octanol–water partition coefficient (Wildman–Crippen LogP) is -2.30. The highest BCUT2D eigenvalue weighted by Gasteiger charge is 2.30. The Kier molecular flexibility index (Phi) is 9.67. The number of aliphatic hydroxyl groups excluding tert-OH is 5. The molecule has 0 heterocycles. The third kappa shape index (κ3) is 8.30. The SMILES string of the molecule is CC(C)OC(=O)CCN(C)CC(O)C(O)C(O)C(O)CO. The van der Waals surface area contributed by atoms with Crippen molar-refractivity contribution in [2.45, 2.75) is 50.8 Å². The second-order valence-electron chi connectivity index (χ2n) is 5.35. The fraction of sp³-hybridized carbons (Fsp3) is 0.923. The molecule has 21 heavy (non-hydrogen) atoms. The number of likely N-dealkylation sites (N-methyl/N-ethyl adjacent to an activating group) is 1. The van der Waals surface area contributed by atoms with Crippen molar-refractivity contribution < 1.29 is 35.1 Å². The first-order valence-corrected chi connectivity index (χ1v) is 6.90. The Morgan fingerprint density at radius 1 is 1.10 bits per heavy atom. The highest BCUT2D eigenvalue weighted by atomic mass is 16.5. The molecule has 8 nitrogen and oxygen atoms in total. The lowest BCUT2D eigenvalue weighted by molar-refractivity contribution is -0.148. The molecular weight excluding hydrogens is 282 g/mol. The van der Waals surface area contributed by atoms with E-state index in [0.29, 0.717) is 6.54 Å². The van der Waals surface area contributed by atoms with Gasteiger partial charge in [-0.15, -0.1) is 0 Å². The van der Waals surface area contributed by atoms with Crippen molar-refractivity contribution in [3.05, 3.63) is 0 Å². The largest absolute Gasteiger partial charge is 0.463 e. The van der Waals surface area contributed by atoms with Crippen molar-refractivity contribution >= 4 is 5.97 Å². The summed E-state index contributed by atoms with van der Waals surface area (Å²) in [4.78, 5) is 12.9. The van der Waals surface area contributed by atoms with E-state index >= 15 is 0 Å². The third-order valence-electron chi connectivity index (χ3n) is 2.89. The molecule has 0 aliphatic carbocycles. The van der Waals surface area contributed by atoms with Crippen molar-refractivity contribution in [1.82, 2.24) is 4.90 Å². The standard InChI is InChI=1S/C13H27NO7/c1-8(2)21-11(18)4-5-14(3)6-9(16)12(19)13(20)10(17)7-15/h8-10,12-13,15-17,19-20H,4-7H2,1-3H3. The van der Waals surface area contributed by atoms with Crippen LogP contribution in [0, 0.1) is 0 Å². The van der Waals surface area contributed by atoms with Crippen molar-refractivity contribution in [2.75, 3.05) is 26.7 Å². The van der Waals surface area contributed by atoms with E-state index in [1.165, 1.54) is 0 Å². The minimum atomic E-state index is -1.65. The summed E-state index contributed by atoms with van der Waals surface area (Å²) >= 11 is 0. The molecule has 4 unspecified atom stereocenters. The van der Waals surface area contributed by atoms with Crippen LogP contribution in [0.4, 0.5) is 0 Å². The first-order valence-electron chi connectivity index (χ1n) is 6.90. The van der Waals surface area contributed by atoms with E-state index in [-0.39, 0.29) is 25.0 Å². The van der Waals surface area contributed by atoms with Gasteiger partial charge in [0.15, 0.2) is 0 Å². The monoisotopic (exact) mass is 309 g/mol. The normalized spacial score (nSPS) is 17.6. The lowest BCUT2D eigenvalue weighted by Crippen LogP contribution is -2.49. The molecule has 0 radical (unpaired) electrons. The average Bonchev–Trinajstić information content (AvgIpc) is 2.41. The number of ether oxygens (including phenoxy) is 1. The fourth-order valence-corrected chi connectivity index (χ4v) is 1.69. The second kappa shape index (κ2) is 10.0. The van der Waals surface area contributed by atoms with E-state index in [4.69, 9.17) is 9.84 Å². The maximum Gasteiger partial charge on any atom is 0.307 e. The Balaban J connectivity index is 4.13. The number of hydrogen-bond acceptors (Lipinski definition) is 8. The molecule has 0 aromatic rings. The maximum atomic E-state index is 11.4. The lowest BCUT2D eigenvalue weighted by Gasteiger charge is -2.28. The molecule has 0 spiro atoms. The summed E-state index contributed by atoms with van der Waals surface area (Å²) in [6.07, 6.45) is -6.15. The molecule has 0 amide bonds. The van der Waals surface area contributed by atoms with E-state index in [1.54, 1.807) is 25.8 Å². The van der Waals surface area contributed by atoms with Gasteiger partial charge in [0.25, 0.3) is 0 Å². The van der Waals surface area contributed by atoms with Crippen LogP contribution in [0.5, 0.6) is 0 Å². The van der Waals surface area contributed by atoms with Crippen LogP contribution in [0.3, 0.4) is 0 Å². The molecule has 0 bridgehead atoms. The van der Waals surface area contributed by atoms with Crippen LogP contribution in [0.15, 0.2) is 0 Å². The number of carbonyl (C=O) groups excluding carboxylic acids is 1. The Morgan fingerprint density at radius 3 is 2.10 bits per heavy atom. The maximum absolute atomic E-state index is 11.4. The molecule has 126 valence electrons. The molecule has 0 aromatic carbocycles. The Morgan fingerprint density at radius 2 is 1.62 bits per heavy atom. The minimum absolute atomic E-state index is 0.00860. The van der Waals surface area contributed by atoms with Gasteiger partial charge in [0.05, 0.1) is 25.2 Å². The van der Waals surface area contributed by atoms with Gasteiger partial charge in [0.1, 0.15) is 18.3 Å². The van der Waals surface area contributed by atoms with E-state index in [2.05, 4.69) is 0 Å². The fourth-order valence-electron chi connectivity index (χ4n) is 1.69. The topological polar surface area (TPSA) is 131 Å². The van der Waals surface area contributed by atoms with Gasteiger partial charge in [-0.2, -0.15) is 0 Å². The van der Waals surface area contributed by atoms with Gasteiger partial charge in [0, 0.05) is 13.1 Å². The first kappa shape index (κ1) is 20.2.